The molecule has 0 amide bonds. The first-order valence-corrected chi connectivity index (χ1v) is 7.05. The third kappa shape index (κ3) is 2.96. The van der Waals surface area contributed by atoms with Gasteiger partial charge in [-0.2, -0.15) is 5.10 Å². The van der Waals surface area contributed by atoms with Crippen LogP contribution in [0.2, 0.25) is 0 Å². The number of hydrazone groups is 1. The topological polar surface area (TPSA) is 37.3 Å². The van der Waals surface area contributed by atoms with Crippen LogP contribution in [0.4, 0.5) is 10.2 Å². The summed E-state index contributed by atoms with van der Waals surface area (Å²) in [5.41, 5.74) is 6.53. The first-order valence-electron chi connectivity index (χ1n) is 7.05. The van der Waals surface area contributed by atoms with Crippen molar-refractivity contribution in [3.8, 4) is 0 Å². The summed E-state index contributed by atoms with van der Waals surface area (Å²) >= 11 is 0. The summed E-state index contributed by atoms with van der Waals surface area (Å²) in [6.07, 6.45) is 1.45. The maximum absolute atomic E-state index is 13.5. The summed E-state index contributed by atoms with van der Waals surface area (Å²) in [7, 11) is 0. The number of anilines is 1. The zero-order valence-electron chi connectivity index (χ0n) is 12.5. The maximum atomic E-state index is 13.5. The van der Waals surface area contributed by atoms with Crippen molar-refractivity contribution in [2.45, 2.75) is 13.8 Å². The molecule has 3 nitrogen and oxygen atoms in total. The molecule has 1 N–H and O–H groups in total. The third-order valence-corrected chi connectivity index (χ3v) is 3.46. The SMILES string of the molecule is Cc1ccc2nc(N/N=C\c3ccccc3F)cc(C)c2c1. The van der Waals surface area contributed by atoms with Crippen molar-refractivity contribution < 1.29 is 4.39 Å². The fraction of sp³-hybridized carbons (Fsp3) is 0.111. The van der Waals surface area contributed by atoms with Crippen LogP contribution in [0.5, 0.6) is 0 Å². The molecule has 3 aromatic rings. The van der Waals surface area contributed by atoms with Crippen molar-refractivity contribution in [3.05, 3.63) is 71.0 Å². The number of pyridine rings is 1. The minimum absolute atomic E-state index is 0.300. The highest BCUT2D eigenvalue weighted by Gasteiger charge is 2.02. The Bertz CT molecular complexity index is 856. The van der Waals surface area contributed by atoms with Gasteiger partial charge in [0.05, 0.1) is 11.7 Å². The molecule has 1 heterocycles. The summed E-state index contributed by atoms with van der Waals surface area (Å²) in [6.45, 7) is 4.10. The van der Waals surface area contributed by atoms with Crippen molar-refractivity contribution in [1.29, 1.82) is 0 Å². The Morgan fingerprint density at radius 1 is 1.09 bits per heavy atom. The predicted molar refractivity (Wildman–Crippen MR) is 88.8 cm³/mol. The van der Waals surface area contributed by atoms with Gasteiger partial charge in [-0.05, 0) is 43.7 Å². The molecule has 3 rings (SSSR count). The Balaban J connectivity index is 1.85. The van der Waals surface area contributed by atoms with E-state index in [2.05, 4.69) is 28.5 Å². The smallest absolute Gasteiger partial charge is 0.147 e. The molecule has 0 saturated carbocycles. The van der Waals surface area contributed by atoms with Crippen molar-refractivity contribution in [3.63, 3.8) is 0 Å². The number of halogens is 1. The molecule has 0 fully saturated rings. The second-order valence-electron chi connectivity index (χ2n) is 5.24. The largest absolute Gasteiger partial charge is 0.261 e. The third-order valence-electron chi connectivity index (χ3n) is 3.46. The van der Waals surface area contributed by atoms with Crippen LogP contribution in [0.3, 0.4) is 0 Å². The van der Waals surface area contributed by atoms with Gasteiger partial charge in [0.15, 0.2) is 0 Å². The van der Waals surface area contributed by atoms with Crippen LogP contribution in [0, 0.1) is 19.7 Å². The van der Waals surface area contributed by atoms with E-state index in [0.717, 1.165) is 16.5 Å². The molecule has 1 aromatic heterocycles. The molecule has 0 unspecified atom stereocenters. The molecule has 22 heavy (non-hydrogen) atoms. The Morgan fingerprint density at radius 3 is 2.73 bits per heavy atom. The number of nitrogens with zero attached hydrogens (tertiary/aromatic N) is 2. The second kappa shape index (κ2) is 5.93. The summed E-state index contributed by atoms with van der Waals surface area (Å²) in [4.78, 5) is 4.51. The van der Waals surface area contributed by atoms with Crippen LogP contribution < -0.4 is 5.43 Å². The average molecular weight is 293 g/mol. The monoisotopic (exact) mass is 293 g/mol. The first kappa shape index (κ1) is 14.2. The van der Waals surface area contributed by atoms with Crippen LogP contribution >= 0.6 is 0 Å². The van der Waals surface area contributed by atoms with Gasteiger partial charge in [-0.1, -0.05) is 29.8 Å². The fourth-order valence-corrected chi connectivity index (χ4v) is 2.31. The lowest BCUT2D eigenvalue weighted by atomic mass is 10.1. The Morgan fingerprint density at radius 2 is 1.91 bits per heavy atom. The highest BCUT2D eigenvalue weighted by molar-refractivity contribution is 5.85. The fourth-order valence-electron chi connectivity index (χ4n) is 2.31. The quantitative estimate of drug-likeness (QED) is 0.572. The number of nitrogens with one attached hydrogen (secondary N) is 1. The van der Waals surface area contributed by atoms with Gasteiger partial charge < -0.3 is 0 Å². The van der Waals surface area contributed by atoms with Gasteiger partial charge in [0.1, 0.15) is 11.6 Å². The summed E-state index contributed by atoms with van der Waals surface area (Å²) in [5, 5.41) is 5.19. The minimum Gasteiger partial charge on any atom is -0.261 e. The van der Waals surface area contributed by atoms with Crippen LogP contribution in [0.15, 0.2) is 53.6 Å². The van der Waals surface area contributed by atoms with Gasteiger partial charge in [-0.25, -0.2) is 9.37 Å². The molecule has 0 aliphatic carbocycles. The zero-order valence-corrected chi connectivity index (χ0v) is 12.5. The van der Waals surface area contributed by atoms with Crippen molar-refractivity contribution >= 4 is 22.9 Å². The molecule has 110 valence electrons. The number of hydrogen-bond donors (Lipinski definition) is 1. The Labute approximate surface area is 128 Å². The van der Waals surface area contributed by atoms with E-state index in [9.17, 15) is 4.39 Å². The van der Waals surface area contributed by atoms with Crippen LogP contribution in [0.25, 0.3) is 10.9 Å². The standard InChI is InChI=1S/C18H16FN3/c1-12-7-8-17-15(9-12)13(2)10-18(21-17)22-20-11-14-5-3-4-6-16(14)19/h3-11H,1-2H3,(H,21,22)/b20-11-. The van der Waals surface area contributed by atoms with E-state index in [1.54, 1.807) is 18.2 Å². The summed E-state index contributed by atoms with van der Waals surface area (Å²) in [6, 6.07) is 14.6. The van der Waals surface area contributed by atoms with Gasteiger partial charge >= 0.3 is 0 Å². The van der Waals surface area contributed by atoms with Crippen molar-refractivity contribution in [2.75, 3.05) is 5.43 Å². The first-order chi connectivity index (χ1) is 10.6. The molecule has 4 heteroatoms. The van der Waals surface area contributed by atoms with Gasteiger partial charge in [0.25, 0.3) is 0 Å². The molecule has 0 saturated heterocycles. The number of rotatable bonds is 3. The lowest BCUT2D eigenvalue weighted by Crippen LogP contribution is -1.96. The van der Waals surface area contributed by atoms with E-state index < -0.39 is 0 Å². The van der Waals surface area contributed by atoms with E-state index in [1.807, 2.05) is 25.1 Å². The zero-order chi connectivity index (χ0) is 15.5. The molecule has 0 bridgehead atoms. The van der Waals surface area contributed by atoms with Crippen LogP contribution in [-0.4, -0.2) is 11.2 Å². The maximum Gasteiger partial charge on any atom is 0.147 e. The molecule has 0 aliphatic heterocycles. The summed E-state index contributed by atoms with van der Waals surface area (Å²) in [5.74, 6) is 0.340. The van der Waals surface area contributed by atoms with E-state index >= 15 is 0 Å². The molecular weight excluding hydrogens is 277 g/mol. The van der Waals surface area contributed by atoms with Gasteiger partial charge in [0, 0.05) is 10.9 Å². The van der Waals surface area contributed by atoms with Gasteiger partial charge in [-0.15, -0.1) is 0 Å². The average Bonchev–Trinajstić information content (AvgIpc) is 2.50. The van der Waals surface area contributed by atoms with Crippen molar-refractivity contribution in [2.24, 2.45) is 5.10 Å². The lowest BCUT2D eigenvalue weighted by Gasteiger charge is -2.06. The highest BCUT2D eigenvalue weighted by Crippen LogP contribution is 2.21. The number of fused-ring (bicyclic) bond motifs is 1. The second-order valence-corrected chi connectivity index (χ2v) is 5.24. The Hall–Kier alpha value is -2.75. The van der Waals surface area contributed by atoms with E-state index in [4.69, 9.17) is 0 Å². The van der Waals surface area contributed by atoms with Gasteiger partial charge in [-0.3, -0.25) is 5.43 Å². The molecule has 0 spiro atoms. The molecular formula is C18H16FN3. The highest BCUT2D eigenvalue weighted by atomic mass is 19.1. The molecule has 0 aliphatic rings. The minimum atomic E-state index is -0.300. The van der Waals surface area contributed by atoms with Crippen LogP contribution in [0.1, 0.15) is 16.7 Å². The number of benzene rings is 2. The van der Waals surface area contributed by atoms with E-state index in [-0.39, 0.29) is 5.82 Å². The number of hydrogen-bond acceptors (Lipinski definition) is 3. The van der Waals surface area contributed by atoms with E-state index in [0.29, 0.717) is 11.4 Å². The van der Waals surface area contributed by atoms with Crippen LogP contribution in [-0.2, 0) is 0 Å². The normalized spacial score (nSPS) is 11.2. The van der Waals surface area contributed by atoms with Crippen molar-refractivity contribution in [1.82, 2.24) is 4.98 Å². The molecule has 0 atom stereocenters. The number of aryl methyl sites for hydroxylation is 2. The van der Waals surface area contributed by atoms with Gasteiger partial charge in [0.2, 0.25) is 0 Å². The predicted octanol–water partition coefficient (Wildman–Crippen LogP) is 4.44. The molecule has 0 radical (unpaired) electrons. The van der Waals surface area contributed by atoms with E-state index in [1.165, 1.54) is 17.8 Å². The lowest BCUT2D eigenvalue weighted by molar-refractivity contribution is 0.626. The summed E-state index contributed by atoms with van der Waals surface area (Å²) < 4.78 is 13.5. The number of aromatic nitrogens is 1. The molecule has 2 aromatic carbocycles. The Kier molecular flexibility index (Phi) is 3.83.